The second-order valence-electron chi connectivity index (χ2n) is 2.01. The van der Waals surface area contributed by atoms with Crippen LogP contribution < -0.4 is 5.73 Å². The Kier molecular flexibility index (Phi) is 7.84. The van der Waals surface area contributed by atoms with Gasteiger partial charge in [-0.3, -0.25) is 4.68 Å². The van der Waals surface area contributed by atoms with Gasteiger partial charge in [0.25, 0.3) is 0 Å². The molecule has 66 valence electrons. The molecule has 0 radical (unpaired) electrons. The SMILES string of the molecule is Cc1ccn(CCN)n1.Cl.Cl. The van der Waals surface area contributed by atoms with E-state index in [0.717, 1.165) is 12.2 Å². The Bertz CT molecular complexity index is 188. The molecule has 0 aliphatic heterocycles. The summed E-state index contributed by atoms with van der Waals surface area (Å²) in [5, 5.41) is 4.14. The number of aromatic nitrogens is 2. The molecular weight excluding hydrogens is 185 g/mol. The van der Waals surface area contributed by atoms with Gasteiger partial charge in [0, 0.05) is 12.7 Å². The number of halogens is 2. The third kappa shape index (κ3) is 4.24. The molecule has 0 amide bonds. The van der Waals surface area contributed by atoms with Crippen LogP contribution in [0.25, 0.3) is 0 Å². The van der Waals surface area contributed by atoms with Gasteiger partial charge < -0.3 is 5.73 Å². The van der Waals surface area contributed by atoms with E-state index in [9.17, 15) is 0 Å². The van der Waals surface area contributed by atoms with Gasteiger partial charge in [0.1, 0.15) is 0 Å². The molecule has 0 aromatic carbocycles. The van der Waals surface area contributed by atoms with Crippen LogP contribution in [-0.4, -0.2) is 16.3 Å². The normalized spacial score (nSPS) is 8.18. The van der Waals surface area contributed by atoms with Gasteiger partial charge in [-0.05, 0) is 13.0 Å². The van der Waals surface area contributed by atoms with E-state index in [-0.39, 0.29) is 24.8 Å². The number of nitrogens with two attached hydrogens (primary N) is 1. The molecule has 1 aromatic heterocycles. The number of hydrogen-bond donors (Lipinski definition) is 1. The van der Waals surface area contributed by atoms with Gasteiger partial charge in [-0.15, -0.1) is 24.8 Å². The summed E-state index contributed by atoms with van der Waals surface area (Å²) in [7, 11) is 0. The van der Waals surface area contributed by atoms with Crippen LogP contribution in [0, 0.1) is 6.92 Å². The Labute approximate surface area is 78.8 Å². The molecular formula is C6H13Cl2N3. The zero-order valence-electron chi connectivity index (χ0n) is 6.36. The minimum Gasteiger partial charge on any atom is -0.329 e. The molecule has 1 rings (SSSR count). The Morgan fingerprint density at radius 2 is 2.18 bits per heavy atom. The van der Waals surface area contributed by atoms with Crippen LogP contribution >= 0.6 is 24.8 Å². The van der Waals surface area contributed by atoms with Crippen molar-refractivity contribution in [1.29, 1.82) is 0 Å². The maximum Gasteiger partial charge on any atom is 0.0593 e. The first kappa shape index (κ1) is 13.3. The van der Waals surface area contributed by atoms with Crippen molar-refractivity contribution in [2.24, 2.45) is 5.73 Å². The minimum atomic E-state index is 0. The first-order valence-electron chi connectivity index (χ1n) is 3.03. The first-order valence-corrected chi connectivity index (χ1v) is 3.03. The monoisotopic (exact) mass is 197 g/mol. The van der Waals surface area contributed by atoms with Gasteiger partial charge in [-0.25, -0.2) is 0 Å². The van der Waals surface area contributed by atoms with Crippen LogP contribution in [0.2, 0.25) is 0 Å². The summed E-state index contributed by atoms with van der Waals surface area (Å²) in [4.78, 5) is 0. The minimum absolute atomic E-state index is 0. The van der Waals surface area contributed by atoms with Crippen molar-refractivity contribution in [3.63, 3.8) is 0 Å². The fourth-order valence-electron chi connectivity index (χ4n) is 0.720. The van der Waals surface area contributed by atoms with E-state index in [4.69, 9.17) is 5.73 Å². The summed E-state index contributed by atoms with van der Waals surface area (Å²) in [5.74, 6) is 0. The van der Waals surface area contributed by atoms with Crippen molar-refractivity contribution in [3.05, 3.63) is 18.0 Å². The second kappa shape index (κ2) is 6.46. The van der Waals surface area contributed by atoms with Crippen LogP contribution in [-0.2, 0) is 6.54 Å². The molecule has 3 nitrogen and oxygen atoms in total. The number of rotatable bonds is 2. The molecule has 0 atom stereocenters. The van der Waals surface area contributed by atoms with E-state index < -0.39 is 0 Å². The Morgan fingerprint density at radius 3 is 2.55 bits per heavy atom. The Morgan fingerprint density at radius 1 is 1.55 bits per heavy atom. The van der Waals surface area contributed by atoms with Crippen molar-refractivity contribution >= 4 is 24.8 Å². The van der Waals surface area contributed by atoms with Crippen molar-refractivity contribution < 1.29 is 0 Å². The molecule has 0 bridgehead atoms. The van der Waals surface area contributed by atoms with Crippen LogP contribution in [0.1, 0.15) is 5.69 Å². The van der Waals surface area contributed by atoms with Crippen molar-refractivity contribution in [2.45, 2.75) is 13.5 Å². The Hall–Kier alpha value is -0.250. The van der Waals surface area contributed by atoms with Crippen LogP contribution in [0.4, 0.5) is 0 Å². The van der Waals surface area contributed by atoms with E-state index in [1.54, 1.807) is 0 Å². The molecule has 11 heavy (non-hydrogen) atoms. The summed E-state index contributed by atoms with van der Waals surface area (Å²) < 4.78 is 1.84. The molecule has 5 heteroatoms. The highest BCUT2D eigenvalue weighted by molar-refractivity contribution is 5.85. The standard InChI is InChI=1S/C6H11N3.2ClH/c1-6-2-4-9(8-6)5-3-7;;/h2,4H,3,5,7H2,1H3;2*1H. The average Bonchev–Trinajstić information content (AvgIpc) is 2.17. The lowest BCUT2D eigenvalue weighted by molar-refractivity contribution is 0.620. The van der Waals surface area contributed by atoms with Crippen molar-refractivity contribution in [1.82, 2.24) is 9.78 Å². The first-order chi connectivity index (χ1) is 4.33. The number of nitrogens with zero attached hydrogens (tertiary/aromatic N) is 2. The zero-order valence-corrected chi connectivity index (χ0v) is 7.99. The average molecular weight is 198 g/mol. The molecule has 1 heterocycles. The van der Waals surface area contributed by atoms with E-state index in [0.29, 0.717) is 6.54 Å². The third-order valence-electron chi connectivity index (χ3n) is 1.13. The lowest BCUT2D eigenvalue weighted by Gasteiger charge is -1.93. The number of hydrogen-bond acceptors (Lipinski definition) is 2. The fraction of sp³-hybridized carbons (Fsp3) is 0.500. The molecule has 0 saturated carbocycles. The highest BCUT2D eigenvalue weighted by Gasteiger charge is 1.89. The molecule has 0 aliphatic carbocycles. The lowest BCUT2D eigenvalue weighted by atomic mass is 10.5. The van der Waals surface area contributed by atoms with Gasteiger partial charge in [0.2, 0.25) is 0 Å². The van der Waals surface area contributed by atoms with Gasteiger partial charge in [-0.1, -0.05) is 0 Å². The lowest BCUT2D eigenvalue weighted by Crippen LogP contribution is -2.09. The molecule has 0 spiro atoms. The van der Waals surface area contributed by atoms with E-state index >= 15 is 0 Å². The molecule has 1 aromatic rings. The fourth-order valence-corrected chi connectivity index (χ4v) is 0.720. The maximum atomic E-state index is 5.31. The molecule has 0 fully saturated rings. The van der Waals surface area contributed by atoms with Crippen LogP contribution in [0.15, 0.2) is 12.3 Å². The predicted molar refractivity (Wildman–Crippen MR) is 50.5 cm³/mol. The topological polar surface area (TPSA) is 43.8 Å². The van der Waals surface area contributed by atoms with Crippen molar-refractivity contribution in [3.8, 4) is 0 Å². The van der Waals surface area contributed by atoms with Gasteiger partial charge in [0.05, 0.1) is 12.2 Å². The van der Waals surface area contributed by atoms with Gasteiger partial charge in [-0.2, -0.15) is 5.10 Å². The highest BCUT2D eigenvalue weighted by Crippen LogP contribution is 1.90. The molecule has 0 aliphatic rings. The van der Waals surface area contributed by atoms with Gasteiger partial charge in [0.15, 0.2) is 0 Å². The summed E-state index contributed by atoms with van der Waals surface area (Å²) in [6.07, 6.45) is 1.93. The second-order valence-corrected chi connectivity index (χ2v) is 2.01. The largest absolute Gasteiger partial charge is 0.329 e. The zero-order chi connectivity index (χ0) is 6.69. The molecule has 0 unspecified atom stereocenters. The highest BCUT2D eigenvalue weighted by atomic mass is 35.5. The van der Waals surface area contributed by atoms with Crippen LogP contribution in [0.3, 0.4) is 0 Å². The quantitative estimate of drug-likeness (QED) is 0.770. The Balaban J connectivity index is 0. The van der Waals surface area contributed by atoms with E-state index in [1.165, 1.54) is 0 Å². The van der Waals surface area contributed by atoms with Crippen LogP contribution in [0.5, 0.6) is 0 Å². The van der Waals surface area contributed by atoms with Crippen molar-refractivity contribution in [2.75, 3.05) is 6.54 Å². The summed E-state index contributed by atoms with van der Waals surface area (Å²) in [5.41, 5.74) is 6.35. The third-order valence-corrected chi connectivity index (χ3v) is 1.13. The van der Waals surface area contributed by atoms with E-state index in [2.05, 4.69) is 5.10 Å². The number of aryl methyl sites for hydroxylation is 1. The summed E-state index contributed by atoms with van der Waals surface area (Å²) in [6.45, 7) is 3.43. The maximum absolute atomic E-state index is 5.31. The molecule has 2 N–H and O–H groups in total. The predicted octanol–water partition coefficient (Wildman–Crippen LogP) is 0.994. The summed E-state index contributed by atoms with van der Waals surface area (Å²) in [6, 6.07) is 1.97. The molecule has 0 saturated heterocycles. The van der Waals surface area contributed by atoms with Gasteiger partial charge >= 0.3 is 0 Å². The summed E-state index contributed by atoms with van der Waals surface area (Å²) >= 11 is 0. The van der Waals surface area contributed by atoms with E-state index in [1.807, 2.05) is 23.9 Å². The smallest absolute Gasteiger partial charge is 0.0593 e.